The van der Waals surface area contributed by atoms with Gasteiger partial charge < -0.3 is 0 Å². The van der Waals surface area contributed by atoms with E-state index in [4.69, 9.17) is 0 Å². The molecule has 15 heavy (non-hydrogen) atoms. The van der Waals surface area contributed by atoms with E-state index in [1.165, 1.54) is 0 Å². The van der Waals surface area contributed by atoms with Gasteiger partial charge in [-0.25, -0.2) is 0 Å². The number of carbonyl (C=O) groups is 1. The average Bonchev–Trinajstić information content (AvgIpc) is 2.60. The third-order valence-corrected chi connectivity index (χ3v) is 2.95. The minimum atomic E-state index is 0.264. The van der Waals surface area contributed by atoms with Crippen LogP contribution < -0.4 is 0 Å². The van der Waals surface area contributed by atoms with Gasteiger partial charge in [-0.3, -0.25) is 9.48 Å². The van der Waals surface area contributed by atoms with Gasteiger partial charge in [0.1, 0.15) is 0 Å². The summed E-state index contributed by atoms with van der Waals surface area (Å²) in [7, 11) is 0. The van der Waals surface area contributed by atoms with Gasteiger partial charge >= 0.3 is 0 Å². The maximum Gasteiger partial charge on any atom is 0.163 e. The van der Waals surface area contributed by atoms with Crippen molar-refractivity contribution in [3.63, 3.8) is 0 Å². The van der Waals surface area contributed by atoms with Gasteiger partial charge in [0.2, 0.25) is 0 Å². The summed E-state index contributed by atoms with van der Waals surface area (Å²) in [6.07, 6.45) is 6.55. The molecule has 0 spiro atoms. The van der Waals surface area contributed by atoms with Crippen molar-refractivity contribution in [3.8, 4) is 0 Å². The number of hydrogen-bond acceptors (Lipinski definition) is 2. The second kappa shape index (κ2) is 4.01. The lowest BCUT2D eigenvalue weighted by molar-refractivity contribution is -0.114. The monoisotopic (exact) mass is 204 g/mol. The van der Waals surface area contributed by atoms with Crippen LogP contribution in [0, 0.1) is 6.92 Å². The first-order valence-electron chi connectivity index (χ1n) is 5.50. The minimum Gasteiger partial charge on any atom is -0.294 e. The van der Waals surface area contributed by atoms with Crippen molar-refractivity contribution in [1.82, 2.24) is 9.78 Å². The van der Waals surface area contributed by atoms with E-state index < -0.39 is 0 Å². The van der Waals surface area contributed by atoms with Gasteiger partial charge in [0.25, 0.3) is 0 Å². The molecule has 0 aromatic carbocycles. The van der Waals surface area contributed by atoms with Crippen LogP contribution in [0.25, 0.3) is 5.57 Å². The summed E-state index contributed by atoms with van der Waals surface area (Å²) < 4.78 is 1.93. The van der Waals surface area contributed by atoms with Gasteiger partial charge in [-0.15, -0.1) is 0 Å². The molecule has 0 radical (unpaired) electrons. The number of aromatic nitrogens is 2. The van der Waals surface area contributed by atoms with Crippen LogP contribution in [0.15, 0.2) is 12.3 Å². The second-order valence-corrected chi connectivity index (χ2v) is 3.89. The predicted molar refractivity (Wildman–Crippen MR) is 59.5 cm³/mol. The number of carbonyl (C=O) groups excluding carboxylic acids is 1. The quantitative estimate of drug-likeness (QED) is 0.741. The Balaban J connectivity index is 2.40. The third kappa shape index (κ3) is 1.74. The van der Waals surface area contributed by atoms with Crippen molar-refractivity contribution in [2.45, 2.75) is 39.7 Å². The van der Waals surface area contributed by atoms with E-state index in [1.807, 2.05) is 17.8 Å². The highest BCUT2D eigenvalue weighted by atomic mass is 16.1. The first kappa shape index (κ1) is 10.1. The molecule has 0 saturated heterocycles. The Bertz CT molecular complexity index is 415. The minimum absolute atomic E-state index is 0.264. The lowest BCUT2D eigenvalue weighted by Crippen LogP contribution is -2.07. The highest BCUT2D eigenvalue weighted by molar-refractivity contribution is 6.21. The smallest absolute Gasteiger partial charge is 0.163 e. The first-order valence-corrected chi connectivity index (χ1v) is 5.50. The van der Waals surface area contributed by atoms with Crippen molar-refractivity contribution in [1.29, 1.82) is 0 Å². The van der Waals surface area contributed by atoms with Crippen LogP contribution in [0.5, 0.6) is 0 Å². The summed E-state index contributed by atoms with van der Waals surface area (Å²) >= 11 is 0. The molecule has 1 aromatic heterocycles. The number of allylic oxidation sites excluding steroid dienone is 2. The van der Waals surface area contributed by atoms with E-state index >= 15 is 0 Å². The molecule has 1 aliphatic carbocycles. The normalized spacial score (nSPS) is 16.7. The van der Waals surface area contributed by atoms with Crippen molar-refractivity contribution in [2.75, 3.05) is 0 Å². The molecule has 0 amide bonds. The Kier molecular flexibility index (Phi) is 2.71. The topological polar surface area (TPSA) is 34.9 Å². The highest BCUT2D eigenvalue weighted by Crippen LogP contribution is 2.25. The molecule has 3 nitrogen and oxygen atoms in total. The molecule has 0 saturated carbocycles. The van der Waals surface area contributed by atoms with Crippen LogP contribution in [-0.4, -0.2) is 15.6 Å². The number of nitrogens with zero attached hydrogens (tertiary/aromatic N) is 2. The van der Waals surface area contributed by atoms with E-state index in [0.717, 1.165) is 36.2 Å². The molecule has 0 fully saturated rings. The molecule has 0 bridgehead atoms. The van der Waals surface area contributed by atoms with Crippen LogP contribution in [0.2, 0.25) is 0 Å². The van der Waals surface area contributed by atoms with Crippen LogP contribution in [0.3, 0.4) is 0 Å². The molecular weight excluding hydrogens is 188 g/mol. The molecule has 0 N–H and O–H groups in total. The highest BCUT2D eigenvalue weighted by Gasteiger charge is 2.19. The van der Waals surface area contributed by atoms with Crippen molar-refractivity contribution >= 4 is 11.4 Å². The first-order chi connectivity index (χ1) is 7.24. The molecule has 0 aliphatic heterocycles. The van der Waals surface area contributed by atoms with E-state index in [2.05, 4.69) is 18.1 Å². The number of rotatable bonds is 2. The molecule has 1 aromatic rings. The van der Waals surface area contributed by atoms with E-state index in [-0.39, 0.29) is 5.78 Å². The lowest BCUT2D eigenvalue weighted by Gasteiger charge is -2.11. The molecule has 0 unspecified atom stereocenters. The third-order valence-electron chi connectivity index (χ3n) is 2.95. The maximum absolute atomic E-state index is 11.7. The molecule has 80 valence electrons. The molecule has 1 heterocycles. The number of ketones is 1. The van der Waals surface area contributed by atoms with Crippen molar-refractivity contribution in [3.05, 3.63) is 23.5 Å². The summed E-state index contributed by atoms with van der Waals surface area (Å²) in [6, 6.07) is 0. The number of Topliss-reactive ketones (excluding diaryl/α,β-unsaturated/α-hetero) is 1. The van der Waals surface area contributed by atoms with Gasteiger partial charge in [0.15, 0.2) is 5.78 Å². The van der Waals surface area contributed by atoms with E-state index in [0.29, 0.717) is 6.42 Å². The lowest BCUT2D eigenvalue weighted by atomic mass is 9.93. The van der Waals surface area contributed by atoms with Gasteiger partial charge in [-0.2, -0.15) is 5.10 Å². The Morgan fingerprint density at radius 1 is 1.53 bits per heavy atom. The largest absolute Gasteiger partial charge is 0.294 e. The van der Waals surface area contributed by atoms with Crippen LogP contribution >= 0.6 is 0 Å². The van der Waals surface area contributed by atoms with Crippen molar-refractivity contribution < 1.29 is 4.79 Å². The van der Waals surface area contributed by atoms with Crippen LogP contribution in [0.1, 0.15) is 37.4 Å². The Hall–Kier alpha value is -1.38. The molecular formula is C12H16N2O. The Morgan fingerprint density at radius 2 is 2.33 bits per heavy atom. The fourth-order valence-electron chi connectivity index (χ4n) is 2.05. The number of hydrogen-bond donors (Lipinski definition) is 0. The standard InChI is InChI=1S/C12H16N2O/c1-3-14-9(2)11(8-13-14)10-6-4-5-7-12(10)15/h6,8H,3-5,7H2,1-2H3. The van der Waals surface area contributed by atoms with Crippen molar-refractivity contribution in [2.24, 2.45) is 0 Å². The van der Waals surface area contributed by atoms with Gasteiger partial charge in [-0.1, -0.05) is 6.08 Å². The van der Waals surface area contributed by atoms with E-state index in [9.17, 15) is 4.79 Å². The SMILES string of the molecule is CCn1ncc(C2=CCCCC2=O)c1C. The fraction of sp³-hybridized carbons (Fsp3) is 0.500. The summed E-state index contributed by atoms with van der Waals surface area (Å²) in [5.41, 5.74) is 2.99. The zero-order chi connectivity index (χ0) is 10.8. The maximum atomic E-state index is 11.7. The van der Waals surface area contributed by atoms with Gasteiger partial charge in [0.05, 0.1) is 6.20 Å². The summed E-state index contributed by atoms with van der Waals surface area (Å²) in [6.45, 7) is 4.93. The fourth-order valence-corrected chi connectivity index (χ4v) is 2.05. The zero-order valence-electron chi connectivity index (χ0n) is 9.29. The number of aryl methyl sites for hydroxylation is 1. The summed E-state index contributed by atoms with van der Waals surface area (Å²) in [5.74, 6) is 0.264. The average molecular weight is 204 g/mol. The molecule has 2 rings (SSSR count). The van der Waals surface area contributed by atoms with Crippen LogP contribution in [-0.2, 0) is 11.3 Å². The Morgan fingerprint density at radius 3 is 2.93 bits per heavy atom. The zero-order valence-corrected chi connectivity index (χ0v) is 9.29. The molecule has 3 heteroatoms. The summed E-state index contributed by atoms with van der Waals surface area (Å²) in [5, 5.41) is 4.27. The van der Waals surface area contributed by atoms with Crippen LogP contribution in [0.4, 0.5) is 0 Å². The van der Waals surface area contributed by atoms with E-state index in [1.54, 1.807) is 0 Å². The predicted octanol–water partition coefficient (Wildman–Crippen LogP) is 2.35. The molecule has 0 atom stereocenters. The Labute approximate surface area is 89.8 Å². The summed E-state index contributed by atoms with van der Waals surface area (Å²) in [4.78, 5) is 11.7. The van der Waals surface area contributed by atoms with Gasteiger partial charge in [0, 0.05) is 29.8 Å². The second-order valence-electron chi connectivity index (χ2n) is 3.89. The molecule has 1 aliphatic rings. The van der Waals surface area contributed by atoms with Gasteiger partial charge in [-0.05, 0) is 26.7 Å².